The third-order valence-electron chi connectivity index (χ3n) is 4.90. The smallest absolute Gasteiger partial charge is 0.408 e. The molecule has 2 atom stereocenters. The molecule has 2 unspecified atom stereocenters. The molecule has 0 saturated carbocycles. The van der Waals surface area contributed by atoms with E-state index in [1.807, 2.05) is 39.0 Å². The van der Waals surface area contributed by atoms with Crippen molar-refractivity contribution in [1.82, 2.24) is 15.5 Å². The summed E-state index contributed by atoms with van der Waals surface area (Å²) in [5.74, 6) is -0.550. The van der Waals surface area contributed by atoms with Crippen LogP contribution in [0, 0.1) is 13.8 Å². The molecule has 180 valence electrons. The van der Waals surface area contributed by atoms with Gasteiger partial charge in [-0.25, -0.2) is 4.79 Å². The molecule has 0 aliphatic carbocycles. The first kappa shape index (κ1) is 27.8. The summed E-state index contributed by atoms with van der Waals surface area (Å²) in [7, 11) is 0. The SMILES string of the molecule is CCCCNC(=O)C(c1ccc(C)cc1C)N(CC)C(=O)C(CS)NC(=O)OC(C)(C)C. The zero-order chi connectivity index (χ0) is 24.5. The molecule has 7 nitrogen and oxygen atoms in total. The van der Waals surface area contributed by atoms with Crippen LogP contribution in [0.15, 0.2) is 18.2 Å². The Labute approximate surface area is 198 Å². The zero-order valence-corrected chi connectivity index (χ0v) is 21.3. The van der Waals surface area contributed by atoms with Crippen LogP contribution in [0.4, 0.5) is 4.79 Å². The molecule has 0 aliphatic rings. The minimum atomic E-state index is -0.926. The number of ether oxygens (including phenoxy) is 1. The fourth-order valence-electron chi connectivity index (χ4n) is 3.37. The van der Waals surface area contributed by atoms with Crippen LogP contribution in [0.25, 0.3) is 0 Å². The summed E-state index contributed by atoms with van der Waals surface area (Å²) in [6.45, 7) is 13.9. The van der Waals surface area contributed by atoms with E-state index in [1.54, 1.807) is 20.8 Å². The van der Waals surface area contributed by atoms with E-state index >= 15 is 0 Å². The van der Waals surface area contributed by atoms with Gasteiger partial charge in [-0.15, -0.1) is 0 Å². The Morgan fingerprint density at radius 1 is 1.16 bits per heavy atom. The van der Waals surface area contributed by atoms with Crippen LogP contribution in [0.3, 0.4) is 0 Å². The number of hydrogen-bond donors (Lipinski definition) is 3. The number of amides is 3. The summed E-state index contributed by atoms with van der Waals surface area (Å²) in [6, 6.07) is 4.08. The van der Waals surface area contributed by atoms with Crippen molar-refractivity contribution < 1.29 is 19.1 Å². The van der Waals surface area contributed by atoms with Crippen LogP contribution in [-0.4, -0.2) is 53.3 Å². The number of aryl methyl sites for hydroxylation is 2. The highest BCUT2D eigenvalue weighted by Crippen LogP contribution is 2.26. The number of benzene rings is 1. The van der Waals surface area contributed by atoms with Crippen molar-refractivity contribution in [2.45, 2.75) is 79.0 Å². The third-order valence-corrected chi connectivity index (χ3v) is 5.27. The molecule has 2 N–H and O–H groups in total. The van der Waals surface area contributed by atoms with Gasteiger partial charge < -0.3 is 20.3 Å². The van der Waals surface area contributed by atoms with Crippen LogP contribution in [0.1, 0.15) is 70.2 Å². The van der Waals surface area contributed by atoms with E-state index in [4.69, 9.17) is 4.74 Å². The number of hydrogen-bond acceptors (Lipinski definition) is 5. The Morgan fingerprint density at radius 3 is 2.31 bits per heavy atom. The normalized spacial score (nSPS) is 13.1. The molecule has 1 rings (SSSR count). The molecule has 0 bridgehead atoms. The monoisotopic (exact) mass is 465 g/mol. The van der Waals surface area contributed by atoms with Crippen molar-refractivity contribution in [3.05, 3.63) is 34.9 Å². The van der Waals surface area contributed by atoms with Crippen molar-refractivity contribution in [3.8, 4) is 0 Å². The van der Waals surface area contributed by atoms with E-state index in [2.05, 4.69) is 30.2 Å². The second kappa shape index (κ2) is 12.7. The maximum Gasteiger partial charge on any atom is 0.408 e. The van der Waals surface area contributed by atoms with Crippen LogP contribution in [0.5, 0.6) is 0 Å². The molecular formula is C24H39N3O4S. The van der Waals surface area contributed by atoms with Gasteiger partial charge in [0.1, 0.15) is 17.7 Å². The quantitative estimate of drug-likeness (QED) is 0.361. The Balaban J connectivity index is 3.26. The fraction of sp³-hybridized carbons (Fsp3) is 0.625. The topological polar surface area (TPSA) is 87.7 Å². The van der Waals surface area contributed by atoms with Gasteiger partial charge in [0.2, 0.25) is 11.8 Å². The molecule has 0 saturated heterocycles. The van der Waals surface area contributed by atoms with Gasteiger partial charge in [0.05, 0.1) is 0 Å². The second-order valence-electron chi connectivity index (χ2n) is 8.91. The van der Waals surface area contributed by atoms with E-state index in [0.29, 0.717) is 6.54 Å². The van der Waals surface area contributed by atoms with E-state index in [1.165, 1.54) is 4.90 Å². The standard InChI is InChI=1S/C24H39N3O4S/c1-8-10-13-25-21(28)20(18-12-11-16(3)14-17(18)4)27(9-2)22(29)19(15-32)26-23(30)31-24(5,6)7/h11-12,14,19-20,32H,8-10,13,15H2,1-7H3,(H,25,28)(H,26,30). The summed E-state index contributed by atoms with van der Waals surface area (Å²) in [6.07, 6.45) is 1.11. The molecule has 0 spiro atoms. The van der Waals surface area contributed by atoms with Gasteiger partial charge in [-0.1, -0.05) is 37.1 Å². The number of likely N-dealkylation sites (N-methyl/N-ethyl adjacent to an activating group) is 1. The van der Waals surface area contributed by atoms with E-state index in [9.17, 15) is 14.4 Å². The van der Waals surface area contributed by atoms with Crippen molar-refractivity contribution in [2.75, 3.05) is 18.8 Å². The molecule has 0 heterocycles. The predicted octanol–water partition coefficient (Wildman–Crippen LogP) is 3.93. The largest absolute Gasteiger partial charge is 0.444 e. The number of rotatable bonds is 10. The number of carbonyl (C=O) groups is 3. The summed E-state index contributed by atoms with van der Waals surface area (Å²) < 4.78 is 5.29. The van der Waals surface area contributed by atoms with Gasteiger partial charge >= 0.3 is 6.09 Å². The molecule has 0 aromatic heterocycles. The lowest BCUT2D eigenvalue weighted by Gasteiger charge is -2.34. The first-order valence-corrected chi connectivity index (χ1v) is 11.8. The number of unbranched alkanes of at least 4 members (excludes halogenated alkanes) is 1. The number of nitrogens with one attached hydrogen (secondary N) is 2. The summed E-state index contributed by atoms with van der Waals surface area (Å²) in [5.41, 5.74) is 2.06. The van der Waals surface area contributed by atoms with Crippen molar-refractivity contribution in [2.24, 2.45) is 0 Å². The Hall–Kier alpha value is -2.22. The molecule has 3 amide bonds. The average Bonchev–Trinajstić information content (AvgIpc) is 2.69. The van der Waals surface area contributed by atoms with Crippen LogP contribution in [0.2, 0.25) is 0 Å². The van der Waals surface area contributed by atoms with Gasteiger partial charge in [0.15, 0.2) is 0 Å². The van der Waals surface area contributed by atoms with Gasteiger partial charge in [-0.05, 0) is 59.1 Å². The first-order chi connectivity index (χ1) is 14.9. The van der Waals surface area contributed by atoms with Gasteiger partial charge in [-0.2, -0.15) is 12.6 Å². The summed E-state index contributed by atoms with van der Waals surface area (Å²) >= 11 is 4.27. The van der Waals surface area contributed by atoms with Crippen LogP contribution >= 0.6 is 12.6 Å². The molecule has 0 radical (unpaired) electrons. The highest BCUT2D eigenvalue weighted by Gasteiger charge is 2.35. The molecule has 1 aromatic rings. The zero-order valence-electron chi connectivity index (χ0n) is 20.4. The van der Waals surface area contributed by atoms with E-state index in [-0.39, 0.29) is 24.1 Å². The molecule has 0 aliphatic heterocycles. The van der Waals surface area contributed by atoms with Gasteiger partial charge in [0, 0.05) is 18.8 Å². The van der Waals surface area contributed by atoms with Crippen LogP contribution < -0.4 is 10.6 Å². The Kier molecular flexibility index (Phi) is 11.1. The Bertz CT molecular complexity index is 792. The number of alkyl carbamates (subject to hydrolysis) is 1. The highest BCUT2D eigenvalue weighted by molar-refractivity contribution is 7.80. The lowest BCUT2D eigenvalue weighted by Crippen LogP contribution is -2.53. The summed E-state index contributed by atoms with van der Waals surface area (Å²) in [4.78, 5) is 40.5. The second-order valence-corrected chi connectivity index (χ2v) is 9.28. The predicted molar refractivity (Wildman–Crippen MR) is 131 cm³/mol. The lowest BCUT2D eigenvalue weighted by molar-refractivity contribution is -0.141. The molecule has 32 heavy (non-hydrogen) atoms. The van der Waals surface area contributed by atoms with Gasteiger partial charge in [-0.3, -0.25) is 9.59 Å². The number of nitrogens with zero attached hydrogens (tertiary/aromatic N) is 1. The van der Waals surface area contributed by atoms with Crippen LogP contribution in [-0.2, 0) is 14.3 Å². The maximum atomic E-state index is 13.5. The van der Waals surface area contributed by atoms with Crippen molar-refractivity contribution >= 4 is 30.5 Å². The minimum absolute atomic E-state index is 0.0750. The summed E-state index contributed by atoms with van der Waals surface area (Å²) in [5, 5.41) is 5.56. The molecule has 8 heteroatoms. The lowest BCUT2D eigenvalue weighted by atomic mass is 9.96. The molecular weight excluding hydrogens is 426 g/mol. The molecule has 0 fully saturated rings. The highest BCUT2D eigenvalue weighted by atomic mass is 32.1. The van der Waals surface area contributed by atoms with E-state index < -0.39 is 23.8 Å². The maximum absolute atomic E-state index is 13.5. The average molecular weight is 466 g/mol. The van der Waals surface area contributed by atoms with E-state index in [0.717, 1.165) is 29.5 Å². The first-order valence-electron chi connectivity index (χ1n) is 11.2. The Morgan fingerprint density at radius 2 is 1.81 bits per heavy atom. The third kappa shape index (κ3) is 8.37. The van der Waals surface area contributed by atoms with Crippen molar-refractivity contribution in [3.63, 3.8) is 0 Å². The van der Waals surface area contributed by atoms with Gasteiger partial charge in [0.25, 0.3) is 0 Å². The minimum Gasteiger partial charge on any atom is -0.444 e. The number of thiol groups is 1. The fourth-order valence-corrected chi connectivity index (χ4v) is 3.62. The van der Waals surface area contributed by atoms with Crippen molar-refractivity contribution in [1.29, 1.82) is 0 Å². The molecule has 1 aromatic carbocycles. The number of carbonyl (C=O) groups excluding carboxylic acids is 3.